The van der Waals surface area contributed by atoms with Crippen molar-refractivity contribution in [1.82, 2.24) is 0 Å². The van der Waals surface area contributed by atoms with Crippen LogP contribution in [-0.2, 0) is 6.42 Å². The summed E-state index contributed by atoms with van der Waals surface area (Å²) in [6.07, 6.45) is 2.17. The minimum atomic E-state index is 0.366. The van der Waals surface area contributed by atoms with Gasteiger partial charge in [0.15, 0.2) is 0 Å². The lowest BCUT2D eigenvalue weighted by Crippen LogP contribution is -2.06. The first-order valence-electron chi connectivity index (χ1n) is 8.31. The van der Waals surface area contributed by atoms with Crippen molar-refractivity contribution in [3.63, 3.8) is 0 Å². The molecule has 1 aliphatic rings. The van der Waals surface area contributed by atoms with Crippen LogP contribution in [0, 0.1) is 34.6 Å². The molecule has 3 rings (SSSR count). The Balaban J connectivity index is 2.05. The zero-order valence-electron chi connectivity index (χ0n) is 14.5. The number of nitrogens with two attached hydrogens (primary N) is 1. The van der Waals surface area contributed by atoms with Crippen LogP contribution < -0.4 is 5.73 Å². The molecule has 1 nitrogen and oxygen atoms in total. The van der Waals surface area contributed by atoms with Gasteiger partial charge in [-0.1, -0.05) is 24.3 Å². The average Bonchev–Trinajstić information content (AvgIpc) is 3.24. The molecule has 1 fully saturated rings. The molecule has 116 valence electrons. The van der Waals surface area contributed by atoms with E-state index in [0.717, 1.165) is 12.8 Å². The Morgan fingerprint density at radius 1 is 0.864 bits per heavy atom. The van der Waals surface area contributed by atoms with Crippen LogP contribution in [0.15, 0.2) is 24.3 Å². The van der Waals surface area contributed by atoms with Crippen molar-refractivity contribution in [3.8, 4) is 0 Å². The summed E-state index contributed by atoms with van der Waals surface area (Å²) in [4.78, 5) is 0. The number of benzene rings is 2. The van der Waals surface area contributed by atoms with E-state index in [1.165, 1.54) is 44.5 Å². The third-order valence-electron chi connectivity index (χ3n) is 5.82. The van der Waals surface area contributed by atoms with Crippen molar-refractivity contribution in [3.05, 3.63) is 68.8 Å². The molecule has 2 aromatic carbocycles. The Labute approximate surface area is 134 Å². The SMILES string of the molecule is Cc1c(C)c(C)c(Cc2ccccc2C2CC2N)c(C)c1C. The molecule has 0 amide bonds. The molecule has 1 aliphatic carbocycles. The van der Waals surface area contributed by atoms with E-state index in [1.807, 2.05) is 0 Å². The standard InChI is InChI=1S/C21H27N/c1-12-13(2)15(4)19(16(5)14(12)3)10-17-8-6-7-9-18(17)20-11-21(20)22/h6-9,20-21H,10-11,22H2,1-5H3. The van der Waals surface area contributed by atoms with E-state index < -0.39 is 0 Å². The second-order valence-electron chi connectivity index (χ2n) is 6.99. The normalized spacial score (nSPS) is 20.3. The van der Waals surface area contributed by atoms with Gasteiger partial charge in [-0.3, -0.25) is 0 Å². The molecule has 1 heteroatoms. The highest BCUT2D eigenvalue weighted by Gasteiger charge is 2.36. The van der Waals surface area contributed by atoms with Crippen LogP contribution in [0.4, 0.5) is 0 Å². The summed E-state index contributed by atoms with van der Waals surface area (Å²) in [7, 11) is 0. The van der Waals surface area contributed by atoms with Gasteiger partial charge in [0, 0.05) is 12.0 Å². The van der Waals surface area contributed by atoms with Crippen molar-refractivity contribution >= 4 is 0 Å². The summed E-state index contributed by atoms with van der Waals surface area (Å²) < 4.78 is 0. The third-order valence-corrected chi connectivity index (χ3v) is 5.82. The molecular weight excluding hydrogens is 266 g/mol. The molecule has 0 bridgehead atoms. The van der Waals surface area contributed by atoms with E-state index in [4.69, 9.17) is 5.73 Å². The smallest absolute Gasteiger partial charge is 0.0115 e. The zero-order valence-corrected chi connectivity index (χ0v) is 14.5. The highest BCUT2D eigenvalue weighted by molar-refractivity contribution is 5.52. The molecule has 2 N–H and O–H groups in total. The van der Waals surface area contributed by atoms with Crippen LogP contribution in [0.5, 0.6) is 0 Å². The van der Waals surface area contributed by atoms with Gasteiger partial charge in [0.2, 0.25) is 0 Å². The Bertz CT molecular complexity index is 698. The predicted molar refractivity (Wildman–Crippen MR) is 94.7 cm³/mol. The van der Waals surface area contributed by atoms with E-state index in [0.29, 0.717) is 12.0 Å². The highest BCUT2D eigenvalue weighted by atomic mass is 14.7. The first kappa shape index (κ1) is 15.3. The molecule has 0 spiro atoms. The Hall–Kier alpha value is -1.60. The lowest BCUT2D eigenvalue weighted by Gasteiger charge is -2.20. The minimum absolute atomic E-state index is 0.366. The summed E-state index contributed by atoms with van der Waals surface area (Å²) in [5.41, 5.74) is 17.7. The van der Waals surface area contributed by atoms with Gasteiger partial charge in [0.25, 0.3) is 0 Å². The average molecular weight is 293 g/mol. The molecular formula is C21H27N. The van der Waals surface area contributed by atoms with Gasteiger partial charge < -0.3 is 5.73 Å². The van der Waals surface area contributed by atoms with Gasteiger partial charge in [-0.15, -0.1) is 0 Å². The van der Waals surface area contributed by atoms with Crippen LogP contribution in [-0.4, -0.2) is 6.04 Å². The maximum atomic E-state index is 6.09. The number of hydrogen-bond acceptors (Lipinski definition) is 1. The molecule has 0 aromatic heterocycles. The topological polar surface area (TPSA) is 26.0 Å². The van der Waals surface area contributed by atoms with Crippen molar-refractivity contribution in [2.24, 2.45) is 5.73 Å². The Kier molecular flexibility index (Phi) is 3.86. The lowest BCUT2D eigenvalue weighted by molar-refractivity contribution is 0.960. The largest absolute Gasteiger partial charge is 0.327 e. The van der Waals surface area contributed by atoms with E-state index in [-0.39, 0.29) is 0 Å². The van der Waals surface area contributed by atoms with Crippen molar-refractivity contribution in [1.29, 1.82) is 0 Å². The third kappa shape index (κ3) is 2.48. The molecule has 2 unspecified atom stereocenters. The molecule has 22 heavy (non-hydrogen) atoms. The Morgan fingerprint density at radius 2 is 1.36 bits per heavy atom. The summed E-state index contributed by atoms with van der Waals surface area (Å²) in [6, 6.07) is 9.22. The summed E-state index contributed by atoms with van der Waals surface area (Å²) in [6.45, 7) is 11.3. The first-order chi connectivity index (χ1) is 10.4. The molecule has 0 aliphatic heterocycles. The molecule has 2 atom stereocenters. The Morgan fingerprint density at radius 3 is 1.91 bits per heavy atom. The lowest BCUT2D eigenvalue weighted by atomic mass is 9.85. The van der Waals surface area contributed by atoms with Crippen LogP contribution in [0.2, 0.25) is 0 Å². The van der Waals surface area contributed by atoms with Crippen LogP contribution in [0.1, 0.15) is 56.8 Å². The van der Waals surface area contributed by atoms with Gasteiger partial charge in [-0.2, -0.15) is 0 Å². The van der Waals surface area contributed by atoms with Crippen molar-refractivity contribution < 1.29 is 0 Å². The number of rotatable bonds is 3. The second-order valence-corrected chi connectivity index (χ2v) is 6.99. The highest BCUT2D eigenvalue weighted by Crippen LogP contribution is 2.41. The second kappa shape index (κ2) is 5.55. The molecule has 0 heterocycles. The van der Waals surface area contributed by atoms with Crippen LogP contribution in [0.3, 0.4) is 0 Å². The fourth-order valence-corrected chi connectivity index (χ4v) is 3.66. The van der Waals surface area contributed by atoms with Gasteiger partial charge in [0.1, 0.15) is 0 Å². The van der Waals surface area contributed by atoms with Gasteiger partial charge in [0.05, 0.1) is 0 Å². The maximum Gasteiger partial charge on any atom is 0.0115 e. The fraction of sp³-hybridized carbons (Fsp3) is 0.429. The monoisotopic (exact) mass is 293 g/mol. The number of hydrogen-bond donors (Lipinski definition) is 1. The fourth-order valence-electron chi connectivity index (χ4n) is 3.66. The maximum absolute atomic E-state index is 6.09. The van der Waals surface area contributed by atoms with Crippen LogP contribution >= 0.6 is 0 Å². The van der Waals surface area contributed by atoms with Crippen LogP contribution in [0.25, 0.3) is 0 Å². The first-order valence-corrected chi connectivity index (χ1v) is 8.31. The quantitative estimate of drug-likeness (QED) is 0.877. The molecule has 0 saturated heterocycles. The predicted octanol–water partition coefficient (Wildman–Crippen LogP) is 4.63. The van der Waals surface area contributed by atoms with E-state index >= 15 is 0 Å². The van der Waals surface area contributed by atoms with Gasteiger partial charge in [-0.05, 0) is 92.0 Å². The summed E-state index contributed by atoms with van der Waals surface area (Å²) in [5.74, 6) is 0.574. The zero-order chi connectivity index (χ0) is 16.0. The van der Waals surface area contributed by atoms with Crippen molar-refractivity contribution in [2.45, 2.75) is 59.4 Å². The van der Waals surface area contributed by atoms with Crippen molar-refractivity contribution in [2.75, 3.05) is 0 Å². The summed E-state index contributed by atoms with van der Waals surface area (Å²) >= 11 is 0. The molecule has 0 radical (unpaired) electrons. The van der Waals surface area contributed by atoms with E-state index in [1.54, 1.807) is 0 Å². The van der Waals surface area contributed by atoms with E-state index in [9.17, 15) is 0 Å². The van der Waals surface area contributed by atoms with E-state index in [2.05, 4.69) is 58.9 Å². The molecule has 1 saturated carbocycles. The van der Waals surface area contributed by atoms with Gasteiger partial charge in [-0.25, -0.2) is 0 Å². The minimum Gasteiger partial charge on any atom is -0.327 e. The van der Waals surface area contributed by atoms with Gasteiger partial charge >= 0.3 is 0 Å². The summed E-state index contributed by atoms with van der Waals surface area (Å²) in [5, 5.41) is 0. The molecule has 2 aromatic rings.